The minimum Gasteiger partial charge on any atom is -0.309 e. The van der Waals surface area contributed by atoms with Crippen molar-refractivity contribution in [1.29, 1.82) is 0 Å². The van der Waals surface area contributed by atoms with Crippen molar-refractivity contribution in [3.05, 3.63) is 142 Å². The van der Waals surface area contributed by atoms with Crippen LogP contribution in [0.3, 0.4) is 0 Å². The number of nitrogens with zero attached hydrogens (tertiary/aromatic N) is 3. The highest BCUT2D eigenvalue weighted by molar-refractivity contribution is 7.33. The fourth-order valence-electron chi connectivity index (χ4n) is 11.6. The topological polar surface area (TPSA) is 19.4 Å². The first-order valence-electron chi connectivity index (χ1n) is 24.4. The lowest BCUT2D eigenvalue weighted by Gasteiger charge is -2.43. The quantitative estimate of drug-likeness (QED) is 0.165. The molecule has 338 valence electrons. The van der Waals surface area contributed by atoms with Gasteiger partial charge in [0.15, 0.2) is 0 Å². The molecule has 66 heavy (non-hydrogen) atoms. The van der Waals surface area contributed by atoms with E-state index in [0.717, 1.165) is 23.6 Å². The Balaban J connectivity index is 1.33. The summed E-state index contributed by atoms with van der Waals surface area (Å²) in [5, 5.41) is 1.32. The third kappa shape index (κ3) is 7.08. The highest BCUT2D eigenvalue weighted by Crippen LogP contribution is 2.54. The first-order valence-corrected chi connectivity index (χ1v) is 25.2. The van der Waals surface area contributed by atoms with Gasteiger partial charge in [0.1, 0.15) is 5.82 Å². The molecule has 2 aromatic heterocycles. The van der Waals surface area contributed by atoms with Crippen LogP contribution in [-0.4, -0.2) is 11.7 Å². The molecule has 0 atom stereocenters. The summed E-state index contributed by atoms with van der Waals surface area (Å²) in [5.74, 6) is 1.02. The van der Waals surface area contributed by atoms with Crippen LogP contribution < -0.4 is 25.5 Å². The van der Waals surface area contributed by atoms with Crippen LogP contribution >= 0.6 is 11.3 Å². The van der Waals surface area contributed by atoms with E-state index >= 15 is 0 Å². The zero-order valence-electron chi connectivity index (χ0n) is 42.8. The van der Waals surface area contributed by atoms with Gasteiger partial charge in [-0.1, -0.05) is 165 Å². The van der Waals surface area contributed by atoms with Crippen LogP contribution in [-0.2, 0) is 32.5 Å². The van der Waals surface area contributed by atoms with E-state index in [9.17, 15) is 0 Å². The predicted molar refractivity (Wildman–Crippen MR) is 289 cm³/mol. The standard InChI is InChI=1S/C61H70BN3S/c1-36-30-50-52-55(63-36)64(42-24-19-38(20-25-42)56(2,3)4)49-28-22-41(59(11,12)13)34-47(49)62(52)54-53(44-33-40(58(8,9)10)23-29-51(44)66-54)65(50)48-27-21-39(57(5,6)7)32-43(48)37-18-26-45-46(31-37)61(16,17)35-60(45,14)15/h18-34H,35H2,1-17H3. The molecule has 0 spiro atoms. The third-order valence-corrected chi connectivity index (χ3v) is 16.4. The van der Waals surface area contributed by atoms with E-state index in [-0.39, 0.29) is 39.2 Å². The van der Waals surface area contributed by atoms with Gasteiger partial charge in [-0.25, -0.2) is 4.98 Å². The van der Waals surface area contributed by atoms with Crippen LogP contribution in [0.15, 0.2) is 103 Å². The van der Waals surface area contributed by atoms with Gasteiger partial charge < -0.3 is 4.90 Å². The minimum absolute atomic E-state index is 0.00689. The van der Waals surface area contributed by atoms with Crippen molar-refractivity contribution in [3.8, 4) is 11.1 Å². The van der Waals surface area contributed by atoms with E-state index in [0.29, 0.717) is 0 Å². The molecule has 5 aromatic carbocycles. The Morgan fingerprint density at radius 2 is 1.11 bits per heavy atom. The lowest BCUT2D eigenvalue weighted by Crippen LogP contribution is -2.61. The van der Waals surface area contributed by atoms with E-state index in [1.54, 1.807) is 0 Å². The van der Waals surface area contributed by atoms with Crippen molar-refractivity contribution >= 4 is 78.1 Å². The number of rotatable bonds is 3. The first kappa shape index (κ1) is 44.7. The predicted octanol–water partition coefficient (Wildman–Crippen LogP) is 15.5. The highest BCUT2D eigenvalue weighted by atomic mass is 32.1. The molecule has 0 unspecified atom stereocenters. The van der Waals surface area contributed by atoms with Crippen LogP contribution in [0.1, 0.15) is 156 Å². The summed E-state index contributed by atoms with van der Waals surface area (Å²) in [6.07, 6.45) is 1.14. The average molecular weight is 888 g/mol. The second kappa shape index (κ2) is 14.4. The normalized spacial score (nSPS) is 16.3. The maximum absolute atomic E-state index is 5.61. The van der Waals surface area contributed by atoms with Gasteiger partial charge in [0, 0.05) is 43.2 Å². The first-order chi connectivity index (χ1) is 30.6. The number of hydrogen-bond acceptors (Lipinski definition) is 4. The van der Waals surface area contributed by atoms with Gasteiger partial charge in [-0.2, -0.15) is 0 Å². The average Bonchev–Trinajstić information content (AvgIpc) is 3.68. The minimum atomic E-state index is -0.0377. The van der Waals surface area contributed by atoms with E-state index in [1.165, 1.54) is 93.0 Å². The molecule has 0 amide bonds. The number of benzene rings is 5. The van der Waals surface area contributed by atoms with Crippen molar-refractivity contribution in [2.45, 2.75) is 157 Å². The number of pyridine rings is 1. The molecule has 0 fully saturated rings. The fourth-order valence-corrected chi connectivity index (χ4v) is 12.9. The van der Waals surface area contributed by atoms with Crippen LogP contribution in [0.4, 0.5) is 34.3 Å². The Labute approximate surface area is 400 Å². The van der Waals surface area contributed by atoms with Gasteiger partial charge in [0.05, 0.1) is 11.4 Å². The van der Waals surface area contributed by atoms with Crippen LogP contribution in [0.25, 0.3) is 21.2 Å². The molecule has 0 N–H and O–H groups in total. The second-order valence-corrected chi connectivity index (χ2v) is 26.5. The zero-order valence-corrected chi connectivity index (χ0v) is 43.7. The zero-order chi connectivity index (χ0) is 47.4. The summed E-state index contributed by atoms with van der Waals surface area (Å²) < 4.78 is 2.70. The fraction of sp³-hybridized carbons (Fsp3) is 0.393. The molecule has 0 saturated heterocycles. The van der Waals surface area contributed by atoms with E-state index in [2.05, 4.69) is 231 Å². The Kier molecular flexibility index (Phi) is 9.78. The van der Waals surface area contributed by atoms with Crippen LogP contribution in [0, 0.1) is 6.92 Å². The smallest absolute Gasteiger partial charge is 0.266 e. The largest absolute Gasteiger partial charge is 0.309 e. The lowest BCUT2D eigenvalue weighted by atomic mass is 9.36. The molecule has 1 aliphatic carbocycles. The van der Waals surface area contributed by atoms with Crippen LogP contribution in [0.5, 0.6) is 0 Å². The molecule has 3 aliphatic rings. The summed E-state index contributed by atoms with van der Waals surface area (Å²) in [6.45, 7) is 39.9. The van der Waals surface area contributed by atoms with E-state index < -0.39 is 0 Å². The van der Waals surface area contributed by atoms with Gasteiger partial charge in [-0.3, -0.25) is 4.90 Å². The molecule has 0 bridgehead atoms. The van der Waals surface area contributed by atoms with Gasteiger partial charge in [-0.15, -0.1) is 11.3 Å². The monoisotopic (exact) mass is 888 g/mol. The Hall–Kier alpha value is -5.13. The SMILES string of the molecule is Cc1cc2c3c(n1)N(c1ccc(C(C)(C)C)cc1)c1ccc(C(C)(C)C)cc1B3c1sc3ccc(C(C)(C)C)cc3c1N2c1ccc(C(C)(C)C)cc1-c1ccc2c(c1)C(C)(C)CC2(C)C. The molecular weight excluding hydrogens is 818 g/mol. The lowest BCUT2D eigenvalue weighted by molar-refractivity contribution is 0.403. The highest BCUT2D eigenvalue weighted by Gasteiger charge is 2.48. The van der Waals surface area contributed by atoms with Crippen molar-refractivity contribution in [2.24, 2.45) is 0 Å². The second-order valence-electron chi connectivity index (χ2n) is 25.4. The molecular formula is C61H70BN3S. The number of hydrogen-bond donors (Lipinski definition) is 0. The van der Waals surface area contributed by atoms with E-state index in [4.69, 9.17) is 4.98 Å². The summed E-state index contributed by atoms with van der Waals surface area (Å²) in [5.41, 5.74) is 20.7. The molecule has 5 heteroatoms. The third-order valence-electron chi connectivity index (χ3n) is 15.1. The molecule has 4 heterocycles. The number of aryl methyl sites for hydroxylation is 1. The van der Waals surface area contributed by atoms with Gasteiger partial charge in [0.25, 0.3) is 6.71 Å². The Morgan fingerprint density at radius 3 is 1.74 bits per heavy atom. The van der Waals surface area contributed by atoms with Gasteiger partial charge in [0.2, 0.25) is 0 Å². The Morgan fingerprint density at radius 1 is 0.545 bits per heavy atom. The molecule has 0 radical (unpaired) electrons. The number of aromatic nitrogens is 1. The summed E-state index contributed by atoms with van der Waals surface area (Å²) >= 11 is 1.98. The molecule has 7 aromatic rings. The molecule has 3 nitrogen and oxygen atoms in total. The maximum atomic E-state index is 5.61. The van der Waals surface area contributed by atoms with Crippen molar-refractivity contribution in [1.82, 2.24) is 4.98 Å². The molecule has 0 saturated carbocycles. The van der Waals surface area contributed by atoms with Crippen LogP contribution in [0.2, 0.25) is 0 Å². The molecule has 10 rings (SSSR count). The molecule has 2 aliphatic heterocycles. The van der Waals surface area contributed by atoms with Crippen molar-refractivity contribution in [2.75, 3.05) is 9.80 Å². The van der Waals surface area contributed by atoms with Gasteiger partial charge >= 0.3 is 0 Å². The van der Waals surface area contributed by atoms with Crippen molar-refractivity contribution < 1.29 is 0 Å². The van der Waals surface area contributed by atoms with Gasteiger partial charge in [-0.05, 0) is 144 Å². The Bertz CT molecular complexity index is 3120. The number of anilines is 6. The maximum Gasteiger partial charge on any atom is 0.266 e. The van der Waals surface area contributed by atoms with Crippen molar-refractivity contribution in [3.63, 3.8) is 0 Å². The number of fused-ring (bicyclic) bond motifs is 7. The summed E-state index contributed by atoms with van der Waals surface area (Å²) in [6, 6.07) is 41.0. The number of thiophene rings is 1. The van der Waals surface area contributed by atoms with E-state index in [1.807, 2.05) is 11.3 Å². The summed E-state index contributed by atoms with van der Waals surface area (Å²) in [4.78, 5) is 10.8. The summed E-state index contributed by atoms with van der Waals surface area (Å²) in [7, 11) is 0.